The van der Waals surface area contributed by atoms with E-state index < -0.39 is 0 Å². The first kappa shape index (κ1) is 13.9. The van der Waals surface area contributed by atoms with Crippen molar-refractivity contribution in [2.45, 2.75) is 58.0 Å². The fourth-order valence-corrected chi connectivity index (χ4v) is 2.86. The molecule has 0 spiro atoms. The van der Waals surface area contributed by atoms with Crippen molar-refractivity contribution in [3.8, 4) is 0 Å². The molecular formula is C16H24ClN. The van der Waals surface area contributed by atoms with Crippen LogP contribution in [0.1, 0.15) is 57.6 Å². The fraction of sp³-hybridized carbons (Fsp3) is 0.625. The minimum Gasteiger partial charge on any atom is -0.307 e. The molecule has 0 amide bonds. The average molecular weight is 266 g/mol. The second kappa shape index (κ2) is 6.58. The third-order valence-electron chi connectivity index (χ3n) is 3.85. The smallest absolute Gasteiger partial charge is 0.0406 e. The molecule has 100 valence electrons. The van der Waals surface area contributed by atoms with E-state index in [4.69, 9.17) is 11.6 Å². The zero-order valence-corrected chi connectivity index (χ0v) is 12.2. The van der Waals surface area contributed by atoms with E-state index >= 15 is 0 Å². The summed E-state index contributed by atoms with van der Waals surface area (Å²) in [4.78, 5) is 0. The van der Waals surface area contributed by atoms with Gasteiger partial charge in [0.2, 0.25) is 0 Å². The monoisotopic (exact) mass is 265 g/mol. The molecule has 0 bridgehead atoms. The van der Waals surface area contributed by atoms with Crippen LogP contribution in [-0.4, -0.2) is 6.04 Å². The van der Waals surface area contributed by atoms with Gasteiger partial charge in [0.1, 0.15) is 0 Å². The van der Waals surface area contributed by atoms with E-state index in [-0.39, 0.29) is 0 Å². The molecule has 1 aromatic carbocycles. The number of halogens is 1. The van der Waals surface area contributed by atoms with Crippen molar-refractivity contribution in [3.63, 3.8) is 0 Å². The Morgan fingerprint density at radius 1 is 1.22 bits per heavy atom. The summed E-state index contributed by atoms with van der Waals surface area (Å²) < 4.78 is 0. The van der Waals surface area contributed by atoms with Gasteiger partial charge in [-0.3, -0.25) is 0 Å². The van der Waals surface area contributed by atoms with E-state index in [0.717, 1.165) is 17.0 Å². The lowest BCUT2D eigenvalue weighted by molar-refractivity contribution is 0.470. The molecule has 1 fully saturated rings. The van der Waals surface area contributed by atoms with E-state index in [1.807, 2.05) is 12.1 Å². The highest BCUT2D eigenvalue weighted by molar-refractivity contribution is 6.30. The molecular weight excluding hydrogens is 242 g/mol. The molecule has 0 aromatic heterocycles. The molecule has 3 unspecified atom stereocenters. The van der Waals surface area contributed by atoms with Crippen LogP contribution in [0.3, 0.4) is 0 Å². The quantitative estimate of drug-likeness (QED) is 0.735. The van der Waals surface area contributed by atoms with Gasteiger partial charge in [0.05, 0.1) is 0 Å². The van der Waals surface area contributed by atoms with Crippen molar-refractivity contribution in [2.24, 2.45) is 5.92 Å². The lowest BCUT2D eigenvalue weighted by atomic mass is 10.0. The predicted octanol–water partition coefficient (Wildman–Crippen LogP) is 4.96. The van der Waals surface area contributed by atoms with E-state index in [0.29, 0.717) is 6.04 Å². The molecule has 2 rings (SSSR count). The first-order valence-electron chi connectivity index (χ1n) is 7.26. The average Bonchev–Trinajstić information content (AvgIpc) is 3.08. The predicted molar refractivity (Wildman–Crippen MR) is 79.0 cm³/mol. The topological polar surface area (TPSA) is 12.0 Å². The van der Waals surface area contributed by atoms with E-state index in [1.54, 1.807) is 0 Å². The van der Waals surface area contributed by atoms with Crippen molar-refractivity contribution >= 4 is 11.6 Å². The van der Waals surface area contributed by atoms with Gasteiger partial charge in [0.15, 0.2) is 0 Å². The molecule has 18 heavy (non-hydrogen) atoms. The maximum Gasteiger partial charge on any atom is 0.0406 e. The second-order valence-electron chi connectivity index (χ2n) is 5.45. The molecule has 1 aliphatic carbocycles. The summed E-state index contributed by atoms with van der Waals surface area (Å²) in [5.41, 5.74) is 1.38. The first-order chi connectivity index (χ1) is 8.74. The number of benzene rings is 1. The highest BCUT2D eigenvalue weighted by Crippen LogP contribution is 2.37. The fourth-order valence-electron chi connectivity index (χ4n) is 2.73. The maximum absolute atomic E-state index is 5.96. The minimum absolute atomic E-state index is 0.499. The first-order valence-corrected chi connectivity index (χ1v) is 7.63. The largest absolute Gasteiger partial charge is 0.307 e. The summed E-state index contributed by atoms with van der Waals surface area (Å²) in [5.74, 6) is 0.918. The van der Waals surface area contributed by atoms with E-state index in [9.17, 15) is 0 Å². The molecule has 1 N–H and O–H groups in total. The number of hydrogen-bond acceptors (Lipinski definition) is 1. The molecule has 1 aliphatic rings. The summed E-state index contributed by atoms with van der Waals surface area (Å²) in [6.45, 7) is 4.53. The Kier molecular flexibility index (Phi) is 5.08. The van der Waals surface area contributed by atoms with Crippen molar-refractivity contribution in [1.82, 2.24) is 5.32 Å². The molecule has 1 saturated carbocycles. The molecule has 0 aliphatic heterocycles. The molecule has 0 saturated heterocycles. The lowest BCUT2D eigenvalue weighted by Crippen LogP contribution is -2.24. The van der Waals surface area contributed by atoms with Crippen LogP contribution in [0.5, 0.6) is 0 Å². The van der Waals surface area contributed by atoms with Crippen molar-refractivity contribution in [1.29, 1.82) is 0 Å². The molecule has 2 heteroatoms. The summed E-state index contributed by atoms with van der Waals surface area (Å²) in [6, 6.07) is 9.56. The Morgan fingerprint density at radius 2 is 1.94 bits per heavy atom. The lowest BCUT2D eigenvalue weighted by Gasteiger charge is -2.19. The van der Waals surface area contributed by atoms with Gasteiger partial charge in [-0.2, -0.15) is 0 Å². The van der Waals surface area contributed by atoms with Crippen LogP contribution in [0, 0.1) is 5.92 Å². The van der Waals surface area contributed by atoms with Crippen molar-refractivity contribution in [2.75, 3.05) is 0 Å². The number of nitrogens with one attached hydrogen (secondary N) is 1. The van der Waals surface area contributed by atoms with Crippen LogP contribution in [0.25, 0.3) is 0 Å². The summed E-state index contributed by atoms with van der Waals surface area (Å²) in [6.07, 6.45) is 6.46. The van der Waals surface area contributed by atoms with Crippen LogP contribution in [0.4, 0.5) is 0 Å². The Hall–Kier alpha value is -0.530. The Labute approximate surface area is 116 Å². The van der Waals surface area contributed by atoms with Gasteiger partial charge in [-0.25, -0.2) is 0 Å². The molecule has 3 atom stereocenters. The van der Waals surface area contributed by atoms with Crippen LogP contribution in [-0.2, 0) is 0 Å². The van der Waals surface area contributed by atoms with Crippen LogP contribution < -0.4 is 5.32 Å². The summed E-state index contributed by atoms with van der Waals surface area (Å²) in [7, 11) is 0. The van der Waals surface area contributed by atoms with Gasteiger partial charge in [-0.15, -0.1) is 0 Å². The highest BCUT2D eigenvalue weighted by atomic mass is 35.5. The van der Waals surface area contributed by atoms with Gasteiger partial charge in [-0.05, 0) is 42.9 Å². The highest BCUT2D eigenvalue weighted by Gasteiger charge is 2.37. The van der Waals surface area contributed by atoms with Crippen LogP contribution in [0.2, 0.25) is 5.02 Å². The Bertz CT molecular complexity index is 360. The van der Waals surface area contributed by atoms with Crippen molar-refractivity contribution < 1.29 is 0 Å². The maximum atomic E-state index is 5.96. The third-order valence-corrected chi connectivity index (χ3v) is 4.10. The summed E-state index contributed by atoms with van der Waals surface area (Å²) >= 11 is 5.96. The Morgan fingerprint density at radius 3 is 2.56 bits per heavy atom. The van der Waals surface area contributed by atoms with Gasteiger partial charge in [0, 0.05) is 17.1 Å². The zero-order valence-electron chi connectivity index (χ0n) is 11.5. The molecule has 1 nitrogen and oxygen atoms in total. The standard InChI is InChI=1S/C16H24ClN/c1-3-5-13-11-16(13)18-15(6-4-2)12-7-9-14(17)10-8-12/h7-10,13,15-16,18H,3-6,11H2,1-2H3. The van der Waals surface area contributed by atoms with E-state index in [1.165, 1.54) is 37.7 Å². The number of hydrogen-bond donors (Lipinski definition) is 1. The van der Waals surface area contributed by atoms with Crippen LogP contribution >= 0.6 is 11.6 Å². The second-order valence-corrected chi connectivity index (χ2v) is 5.89. The molecule has 1 aromatic rings. The number of rotatable bonds is 7. The minimum atomic E-state index is 0.499. The van der Waals surface area contributed by atoms with Gasteiger partial charge >= 0.3 is 0 Å². The zero-order chi connectivity index (χ0) is 13.0. The van der Waals surface area contributed by atoms with Crippen LogP contribution in [0.15, 0.2) is 24.3 Å². The van der Waals surface area contributed by atoms with Gasteiger partial charge in [0.25, 0.3) is 0 Å². The molecule has 0 heterocycles. The van der Waals surface area contributed by atoms with Gasteiger partial charge < -0.3 is 5.32 Å². The van der Waals surface area contributed by atoms with E-state index in [2.05, 4.69) is 31.3 Å². The summed E-state index contributed by atoms with van der Waals surface area (Å²) in [5, 5.41) is 4.64. The van der Waals surface area contributed by atoms with Crippen molar-refractivity contribution in [3.05, 3.63) is 34.9 Å². The normalized spacial score (nSPS) is 23.9. The molecule has 0 radical (unpaired) electrons. The SMILES string of the molecule is CCCC(NC1CC1CCC)c1ccc(Cl)cc1. The Balaban J connectivity index is 1.94. The third kappa shape index (κ3) is 3.73. The van der Waals surface area contributed by atoms with Gasteiger partial charge in [-0.1, -0.05) is 50.4 Å².